The van der Waals surface area contributed by atoms with Crippen molar-refractivity contribution in [3.8, 4) is 0 Å². The molecule has 6 heteroatoms. The summed E-state index contributed by atoms with van der Waals surface area (Å²) in [7, 11) is 0. The van der Waals surface area contributed by atoms with Gasteiger partial charge < -0.3 is 15.8 Å². The number of hydrogen-bond acceptors (Lipinski definition) is 3. The zero-order chi connectivity index (χ0) is 14.9. The Morgan fingerprint density at radius 3 is 2.40 bits per heavy atom. The van der Waals surface area contributed by atoms with Gasteiger partial charge in [-0.3, -0.25) is 4.79 Å². The zero-order valence-corrected chi connectivity index (χ0v) is 11.5. The van der Waals surface area contributed by atoms with Crippen molar-refractivity contribution in [1.29, 1.82) is 0 Å². The number of amides is 1. The molecule has 1 aliphatic rings. The van der Waals surface area contributed by atoms with E-state index in [1.165, 1.54) is 0 Å². The lowest BCUT2D eigenvalue weighted by Crippen LogP contribution is -2.37. The highest BCUT2D eigenvalue weighted by Crippen LogP contribution is 2.25. The molecule has 3 N–H and O–H groups in total. The number of primary amides is 1. The Morgan fingerprint density at radius 1 is 1.25 bits per heavy atom. The van der Waals surface area contributed by atoms with Gasteiger partial charge >= 0.3 is 0 Å². The van der Waals surface area contributed by atoms with Gasteiger partial charge in [-0.25, -0.2) is 8.78 Å². The van der Waals surface area contributed by atoms with Gasteiger partial charge in [0.1, 0.15) is 11.6 Å². The first-order chi connectivity index (χ1) is 9.36. The second-order valence-electron chi connectivity index (χ2n) is 5.25. The number of carbonyl (C=O) groups excluding carboxylic acids is 1. The van der Waals surface area contributed by atoms with Crippen LogP contribution in [0.3, 0.4) is 0 Å². The Bertz CT molecular complexity index is 512. The average Bonchev–Trinajstić information content (AvgIpc) is 2.30. The van der Waals surface area contributed by atoms with Crippen LogP contribution in [-0.4, -0.2) is 24.2 Å². The van der Waals surface area contributed by atoms with Gasteiger partial charge in [-0.15, -0.1) is 0 Å². The maximum Gasteiger partial charge on any atom is 0.251 e. The molecule has 1 aromatic carbocycles. The topological polar surface area (TPSA) is 64.3 Å². The fraction of sp³-hybridized carbons (Fsp3) is 0.500. The monoisotopic (exact) mass is 284 g/mol. The van der Waals surface area contributed by atoms with Crippen molar-refractivity contribution in [2.45, 2.75) is 44.9 Å². The summed E-state index contributed by atoms with van der Waals surface area (Å²) in [6, 6.07) is 1.81. The van der Waals surface area contributed by atoms with Crippen LogP contribution in [0.4, 0.5) is 14.5 Å². The number of carbonyl (C=O) groups is 1. The van der Waals surface area contributed by atoms with Crippen LogP contribution in [0, 0.1) is 11.6 Å². The molecule has 20 heavy (non-hydrogen) atoms. The minimum atomic E-state index is -0.950. The van der Waals surface area contributed by atoms with Gasteiger partial charge in [0.05, 0.1) is 23.5 Å². The number of rotatable bonds is 3. The zero-order valence-electron chi connectivity index (χ0n) is 11.5. The molecule has 2 atom stereocenters. The minimum Gasteiger partial charge on any atom is -0.380 e. The molecule has 4 nitrogen and oxygen atoms in total. The van der Waals surface area contributed by atoms with Gasteiger partial charge in [0.25, 0.3) is 5.91 Å². The number of benzene rings is 1. The molecular formula is C14H18F2N2O2. The second kappa shape index (κ2) is 5.75. The Morgan fingerprint density at radius 2 is 1.85 bits per heavy atom. The minimum absolute atomic E-state index is 0.00874. The summed E-state index contributed by atoms with van der Waals surface area (Å²) in [4.78, 5) is 11.1. The molecule has 0 aromatic heterocycles. The number of ether oxygens (including phenoxy) is 1. The lowest BCUT2D eigenvalue weighted by Gasteiger charge is -2.33. The molecule has 0 radical (unpaired) electrons. The third-order valence-corrected chi connectivity index (χ3v) is 3.38. The summed E-state index contributed by atoms with van der Waals surface area (Å²) >= 11 is 0. The molecule has 0 spiro atoms. The number of anilines is 1. The largest absolute Gasteiger partial charge is 0.380 e. The summed E-state index contributed by atoms with van der Waals surface area (Å²) in [5, 5.41) is 3.00. The number of halogens is 2. The van der Waals surface area contributed by atoms with Gasteiger partial charge in [-0.05, 0) is 32.8 Å². The van der Waals surface area contributed by atoms with E-state index in [-0.39, 0.29) is 29.5 Å². The predicted octanol–water partition coefficient (Wildman–Crippen LogP) is 2.43. The lowest BCUT2D eigenvalue weighted by atomic mass is 9.99. The molecule has 0 bridgehead atoms. The predicted molar refractivity (Wildman–Crippen MR) is 71.5 cm³/mol. The fourth-order valence-electron chi connectivity index (χ4n) is 2.59. The molecule has 1 saturated heterocycles. The molecule has 1 fully saturated rings. The van der Waals surface area contributed by atoms with Crippen LogP contribution < -0.4 is 11.1 Å². The molecule has 110 valence electrons. The van der Waals surface area contributed by atoms with E-state index in [0.29, 0.717) is 18.9 Å². The van der Waals surface area contributed by atoms with E-state index < -0.39 is 17.5 Å². The molecular weight excluding hydrogens is 266 g/mol. The van der Waals surface area contributed by atoms with Crippen LogP contribution in [0.5, 0.6) is 0 Å². The molecule has 1 aliphatic heterocycles. The van der Waals surface area contributed by atoms with Gasteiger partial charge in [0.2, 0.25) is 0 Å². The van der Waals surface area contributed by atoms with E-state index in [1.54, 1.807) is 0 Å². The maximum atomic E-state index is 13.8. The van der Waals surface area contributed by atoms with Crippen molar-refractivity contribution >= 4 is 11.6 Å². The summed E-state index contributed by atoms with van der Waals surface area (Å²) in [6.45, 7) is 3.89. The van der Waals surface area contributed by atoms with Crippen LogP contribution in [0.2, 0.25) is 0 Å². The summed E-state index contributed by atoms with van der Waals surface area (Å²) < 4.78 is 32.8. The fourth-order valence-corrected chi connectivity index (χ4v) is 2.59. The molecule has 0 saturated carbocycles. The highest BCUT2D eigenvalue weighted by atomic mass is 19.1. The van der Waals surface area contributed by atoms with Gasteiger partial charge in [-0.1, -0.05) is 0 Å². The summed E-state index contributed by atoms with van der Waals surface area (Å²) in [5.41, 5.74) is 4.83. The Kier molecular flexibility index (Phi) is 4.23. The van der Waals surface area contributed by atoms with Crippen molar-refractivity contribution in [2.75, 3.05) is 5.32 Å². The number of nitrogens with two attached hydrogens (primary N) is 1. The van der Waals surface area contributed by atoms with Crippen molar-refractivity contribution in [2.24, 2.45) is 5.73 Å². The van der Waals surface area contributed by atoms with Crippen LogP contribution in [0.15, 0.2) is 12.1 Å². The maximum absolute atomic E-state index is 13.8. The Labute approximate surface area is 116 Å². The number of hydrogen-bond donors (Lipinski definition) is 2. The van der Waals surface area contributed by atoms with E-state index >= 15 is 0 Å². The van der Waals surface area contributed by atoms with E-state index in [1.807, 2.05) is 13.8 Å². The summed E-state index contributed by atoms with van der Waals surface area (Å²) in [5.74, 6) is -2.60. The molecule has 1 aromatic rings. The molecule has 1 heterocycles. The van der Waals surface area contributed by atoms with Gasteiger partial charge in [-0.2, -0.15) is 0 Å². The Balaban J connectivity index is 2.20. The van der Waals surface area contributed by atoms with Crippen molar-refractivity contribution < 1.29 is 18.3 Å². The van der Waals surface area contributed by atoms with Crippen LogP contribution in [0.1, 0.15) is 37.0 Å². The SMILES string of the molecule is CC1CC(Nc2cc(C(N)=O)c(F)cc2F)CC(C)O1. The molecule has 2 rings (SSSR count). The third-order valence-electron chi connectivity index (χ3n) is 3.38. The highest BCUT2D eigenvalue weighted by Gasteiger charge is 2.25. The highest BCUT2D eigenvalue weighted by molar-refractivity contribution is 5.94. The lowest BCUT2D eigenvalue weighted by molar-refractivity contribution is -0.0338. The smallest absolute Gasteiger partial charge is 0.251 e. The van der Waals surface area contributed by atoms with E-state index in [0.717, 1.165) is 6.07 Å². The van der Waals surface area contributed by atoms with Crippen LogP contribution >= 0.6 is 0 Å². The summed E-state index contributed by atoms with van der Waals surface area (Å²) in [6.07, 6.45) is 1.56. The standard InChI is InChI=1S/C14H18F2N2O2/c1-7-3-9(4-8(2)20-7)18-13-5-10(14(17)19)11(15)6-12(13)16/h5-9,18H,3-4H2,1-2H3,(H2,17,19). The first-order valence-electron chi connectivity index (χ1n) is 6.57. The van der Waals surface area contributed by atoms with Gasteiger partial charge in [0, 0.05) is 12.1 Å². The first kappa shape index (κ1) is 14.7. The van der Waals surface area contributed by atoms with Gasteiger partial charge in [0.15, 0.2) is 0 Å². The second-order valence-corrected chi connectivity index (χ2v) is 5.25. The van der Waals surface area contributed by atoms with Crippen LogP contribution in [0.25, 0.3) is 0 Å². The van der Waals surface area contributed by atoms with Crippen molar-refractivity contribution in [3.63, 3.8) is 0 Å². The molecule has 2 unspecified atom stereocenters. The van der Waals surface area contributed by atoms with E-state index in [9.17, 15) is 13.6 Å². The Hall–Kier alpha value is -1.69. The normalized spacial score (nSPS) is 26.3. The van der Waals surface area contributed by atoms with Crippen molar-refractivity contribution in [1.82, 2.24) is 0 Å². The third kappa shape index (κ3) is 3.25. The first-order valence-corrected chi connectivity index (χ1v) is 6.57. The average molecular weight is 284 g/mol. The van der Waals surface area contributed by atoms with Crippen molar-refractivity contribution in [3.05, 3.63) is 29.3 Å². The van der Waals surface area contributed by atoms with E-state index in [4.69, 9.17) is 10.5 Å². The van der Waals surface area contributed by atoms with Crippen LogP contribution in [-0.2, 0) is 4.74 Å². The molecule has 1 amide bonds. The molecule has 0 aliphatic carbocycles. The van der Waals surface area contributed by atoms with E-state index in [2.05, 4.69) is 5.32 Å². The quantitative estimate of drug-likeness (QED) is 0.896. The number of nitrogens with one attached hydrogen (secondary N) is 1.